The smallest absolute Gasteiger partial charge is 0.308 e. The summed E-state index contributed by atoms with van der Waals surface area (Å²) >= 11 is 0. The minimum atomic E-state index is -0.738. The van der Waals surface area contributed by atoms with E-state index in [2.05, 4.69) is 40.9 Å². The predicted molar refractivity (Wildman–Crippen MR) is 162 cm³/mol. The van der Waals surface area contributed by atoms with Crippen molar-refractivity contribution >= 4 is 45.5 Å². The molecule has 0 amide bonds. The first kappa shape index (κ1) is 29.3. The van der Waals surface area contributed by atoms with Crippen LogP contribution in [0.1, 0.15) is 59.6 Å². The van der Waals surface area contributed by atoms with Crippen LogP contribution in [0.4, 0.5) is 11.6 Å². The third-order valence-corrected chi connectivity index (χ3v) is 8.86. The Morgan fingerprint density at radius 1 is 1.00 bits per heavy atom. The van der Waals surface area contributed by atoms with Gasteiger partial charge in [-0.3, -0.25) is 9.59 Å². The number of ether oxygens (including phenoxy) is 2. The number of rotatable bonds is 8. The van der Waals surface area contributed by atoms with Crippen molar-refractivity contribution in [2.45, 2.75) is 72.6 Å². The van der Waals surface area contributed by atoms with Gasteiger partial charge in [0.15, 0.2) is 6.10 Å². The average molecular weight is 573 g/mol. The Morgan fingerprint density at radius 2 is 1.71 bits per heavy atom. The Kier molecular flexibility index (Phi) is 7.83. The van der Waals surface area contributed by atoms with E-state index in [1.54, 1.807) is 33.8 Å². The highest BCUT2D eigenvalue weighted by atomic mass is 16.6. The zero-order chi connectivity index (χ0) is 30.3. The quantitative estimate of drug-likeness (QED) is 0.275. The number of nitrogens with two attached hydrogens (primary N) is 2. The summed E-state index contributed by atoms with van der Waals surface area (Å²) in [5, 5.41) is 1.72. The van der Waals surface area contributed by atoms with Crippen molar-refractivity contribution in [3.63, 3.8) is 0 Å². The number of esters is 2. The molecule has 4 N–H and O–H groups in total. The van der Waals surface area contributed by atoms with Crippen molar-refractivity contribution in [2.24, 2.45) is 23.2 Å². The van der Waals surface area contributed by atoms with Gasteiger partial charge in [0.2, 0.25) is 0 Å². The fraction of sp³-hybridized carbons (Fsp3) is 0.469. The van der Waals surface area contributed by atoms with Crippen LogP contribution < -0.4 is 11.5 Å². The fourth-order valence-corrected chi connectivity index (χ4v) is 6.11. The molecule has 1 fully saturated rings. The molecule has 10 heteroatoms. The highest BCUT2D eigenvalue weighted by molar-refractivity contribution is 5.86. The van der Waals surface area contributed by atoms with Crippen LogP contribution in [0, 0.1) is 23.2 Å². The first-order chi connectivity index (χ1) is 19.9. The first-order valence-electron chi connectivity index (χ1n) is 14.5. The zero-order valence-electron chi connectivity index (χ0n) is 25.1. The molecule has 1 saturated carbocycles. The third kappa shape index (κ3) is 5.26. The van der Waals surface area contributed by atoms with E-state index in [1.807, 2.05) is 29.0 Å². The van der Waals surface area contributed by atoms with Gasteiger partial charge in [-0.15, -0.1) is 0 Å². The number of nitrogens with zero attached hydrogens (tertiary/aromatic N) is 4. The lowest BCUT2D eigenvalue weighted by atomic mass is 9.74. The number of pyridine rings is 1. The van der Waals surface area contributed by atoms with E-state index in [4.69, 9.17) is 20.9 Å². The van der Waals surface area contributed by atoms with Crippen molar-refractivity contribution in [3.05, 3.63) is 54.5 Å². The molecule has 0 spiro atoms. The van der Waals surface area contributed by atoms with Gasteiger partial charge in [-0.2, -0.15) is 0 Å². The minimum absolute atomic E-state index is 0.0823. The molecule has 5 atom stereocenters. The average Bonchev–Trinajstić information content (AvgIpc) is 3.46. The number of aromatic nitrogens is 4. The zero-order valence-corrected chi connectivity index (χ0v) is 25.1. The lowest BCUT2D eigenvalue weighted by Crippen LogP contribution is -2.43. The molecule has 0 bridgehead atoms. The molecule has 10 nitrogen and oxygen atoms in total. The SMILES string of the molecule is CC(C)C(=O)O[C@H]1[C@H](n2ccc3c(N)ncnc32)[C@@H](C)[C@](C)(CCc2ccc3nc(N)ccc3c2)[C@H]1OC(=O)C(C)C. The largest absolute Gasteiger partial charge is 0.458 e. The van der Waals surface area contributed by atoms with Crippen LogP contribution in [0.3, 0.4) is 0 Å². The molecule has 1 aliphatic carbocycles. The van der Waals surface area contributed by atoms with Gasteiger partial charge in [-0.25, -0.2) is 15.0 Å². The molecule has 222 valence electrons. The maximum Gasteiger partial charge on any atom is 0.308 e. The van der Waals surface area contributed by atoms with Gasteiger partial charge in [-0.05, 0) is 54.7 Å². The maximum atomic E-state index is 13.1. The topological polar surface area (TPSA) is 148 Å². The molecule has 4 aromatic rings. The van der Waals surface area contributed by atoms with Crippen LogP contribution in [0.25, 0.3) is 21.9 Å². The summed E-state index contributed by atoms with van der Waals surface area (Å²) in [5.41, 5.74) is 14.1. The molecule has 0 radical (unpaired) electrons. The van der Waals surface area contributed by atoms with E-state index in [0.717, 1.165) is 22.9 Å². The van der Waals surface area contributed by atoms with Crippen LogP contribution in [0.15, 0.2) is 48.9 Å². The number of fused-ring (bicyclic) bond motifs is 2. The van der Waals surface area contributed by atoms with Gasteiger partial charge >= 0.3 is 11.9 Å². The Balaban J connectivity index is 1.58. The number of anilines is 2. The van der Waals surface area contributed by atoms with Crippen LogP contribution in [0.2, 0.25) is 0 Å². The van der Waals surface area contributed by atoms with E-state index < -0.39 is 17.6 Å². The van der Waals surface area contributed by atoms with Crippen molar-refractivity contribution in [2.75, 3.05) is 11.5 Å². The first-order valence-corrected chi connectivity index (χ1v) is 14.5. The summed E-state index contributed by atoms with van der Waals surface area (Å²) in [7, 11) is 0. The molecule has 3 heterocycles. The van der Waals surface area contributed by atoms with Crippen molar-refractivity contribution < 1.29 is 19.1 Å². The van der Waals surface area contributed by atoms with E-state index in [9.17, 15) is 9.59 Å². The lowest BCUT2D eigenvalue weighted by molar-refractivity contribution is -0.177. The number of hydrogen-bond donors (Lipinski definition) is 2. The molecule has 0 aliphatic heterocycles. The Morgan fingerprint density at radius 3 is 2.43 bits per heavy atom. The fourth-order valence-electron chi connectivity index (χ4n) is 6.11. The summed E-state index contributed by atoms with van der Waals surface area (Å²) in [4.78, 5) is 39.3. The van der Waals surface area contributed by atoms with Gasteiger partial charge in [0.25, 0.3) is 0 Å². The van der Waals surface area contributed by atoms with Crippen LogP contribution in [-0.4, -0.2) is 43.7 Å². The Bertz CT molecular complexity index is 1630. The van der Waals surface area contributed by atoms with Gasteiger partial charge in [-0.1, -0.05) is 47.6 Å². The summed E-state index contributed by atoms with van der Waals surface area (Å²) in [6.45, 7) is 11.5. The van der Waals surface area contributed by atoms with Crippen LogP contribution in [0.5, 0.6) is 0 Å². The summed E-state index contributed by atoms with van der Waals surface area (Å²) in [6, 6.07) is 11.4. The highest BCUT2D eigenvalue weighted by Crippen LogP contribution is 2.55. The van der Waals surface area contributed by atoms with Crippen molar-refractivity contribution in [1.29, 1.82) is 0 Å². The number of nitrogen functional groups attached to an aromatic ring is 2. The van der Waals surface area contributed by atoms with Crippen molar-refractivity contribution in [3.8, 4) is 0 Å². The van der Waals surface area contributed by atoms with E-state index in [0.29, 0.717) is 29.1 Å². The Hall–Kier alpha value is -4.21. The number of carbonyl (C=O) groups excluding carboxylic acids is 2. The van der Waals surface area contributed by atoms with Gasteiger partial charge in [0.05, 0.1) is 28.8 Å². The Labute approximate surface area is 245 Å². The van der Waals surface area contributed by atoms with Gasteiger partial charge in [0.1, 0.15) is 29.7 Å². The number of aryl methyl sites for hydroxylation is 1. The molecular formula is C32H40N6O4. The van der Waals surface area contributed by atoms with Crippen molar-refractivity contribution in [1.82, 2.24) is 19.5 Å². The van der Waals surface area contributed by atoms with E-state index >= 15 is 0 Å². The number of benzene rings is 1. The second-order valence-electron chi connectivity index (χ2n) is 12.3. The molecule has 0 unspecified atom stereocenters. The van der Waals surface area contributed by atoms with Crippen LogP contribution in [-0.2, 0) is 25.5 Å². The summed E-state index contributed by atoms with van der Waals surface area (Å²) in [5.74, 6) is -0.601. The van der Waals surface area contributed by atoms with Gasteiger partial charge in [0, 0.05) is 17.0 Å². The maximum absolute atomic E-state index is 13.1. The van der Waals surface area contributed by atoms with Gasteiger partial charge < -0.3 is 25.5 Å². The normalized spacial score (nSPS) is 24.1. The standard InChI is InChI=1S/C32H40N6O4/c1-17(2)30(39)41-26-25(38-14-12-22-28(34)35-16-36-29(22)38)19(5)32(6,27(26)42-31(40)18(3)4)13-11-20-7-9-23-21(15-20)8-10-24(33)37-23/h7-10,12,14-19,25-27H,11,13H2,1-6H3,(H2,33,37)(H2,34,35,36)/t19-,25-,26+,27+,32+/m1/s1. The number of hydrogen-bond acceptors (Lipinski definition) is 9. The molecule has 3 aromatic heterocycles. The highest BCUT2D eigenvalue weighted by Gasteiger charge is 2.60. The van der Waals surface area contributed by atoms with E-state index in [1.165, 1.54) is 6.33 Å². The lowest BCUT2D eigenvalue weighted by Gasteiger charge is -2.36. The third-order valence-electron chi connectivity index (χ3n) is 8.86. The molecule has 5 rings (SSSR count). The molecule has 1 aliphatic rings. The monoisotopic (exact) mass is 572 g/mol. The predicted octanol–water partition coefficient (Wildman–Crippen LogP) is 5.11. The molecular weight excluding hydrogens is 532 g/mol. The second kappa shape index (κ2) is 11.2. The minimum Gasteiger partial charge on any atom is -0.458 e. The summed E-state index contributed by atoms with van der Waals surface area (Å²) in [6.07, 6.45) is 3.31. The second-order valence-corrected chi connectivity index (χ2v) is 12.3. The molecule has 42 heavy (non-hydrogen) atoms. The van der Waals surface area contributed by atoms with E-state index in [-0.39, 0.29) is 35.7 Å². The number of carbonyl (C=O) groups is 2. The summed E-state index contributed by atoms with van der Waals surface area (Å²) < 4.78 is 14.5. The van der Waals surface area contributed by atoms with Crippen LogP contribution >= 0.6 is 0 Å². The molecule has 1 aromatic carbocycles. The molecule has 0 saturated heterocycles.